The largest absolute Gasteiger partial charge is 0.480 e. The summed E-state index contributed by atoms with van der Waals surface area (Å²) in [5.74, 6) is -0.793. The minimum Gasteiger partial charge on any atom is -0.480 e. The molecule has 0 aliphatic heterocycles. The third-order valence-electron chi connectivity index (χ3n) is 0.703. The molecule has 0 amide bonds. The number of hydrogen-bond acceptors (Lipinski definition) is 2. The smallest absolute Gasteiger partial charge is 0.317 e. The number of carbonyl (C=O) groups is 1. The fourth-order valence-electron chi connectivity index (χ4n) is 0.372. The van der Waals surface area contributed by atoms with Crippen molar-refractivity contribution in [2.75, 3.05) is 13.1 Å². The van der Waals surface area contributed by atoms with Crippen molar-refractivity contribution in [3.8, 4) is 0 Å². The summed E-state index contributed by atoms with van der Waals surface area (Å²) in [6.45, 7) is 2.86. The van der Waals surface area contributed by atoms with Gasteiger partial charge in [-0.1, -0.05) is 6.92 Å². The molecule has 0 radical (unpaired) electrons. The summed E-state index contributed by atoms with van der Waals surface area (Å²) in [7, 11) is 0. The zero-order valence-electron chi connectivity index (χ0n) is 4.98. The second kappa shape index (κ2) is 4.59. The van der Waals surface area contributed by atoms with Gasteiger partial charge in [-0.05, 0) is 13.0 Å². The zero-order chi connectivity index (χ0) is 6.41. The van der Waals surface area contributed by atoms with E-state index in [-0.39, 0.29) is 6.54 Å². The van der Waals surface area contributed by atoms with Gasteiger partial charge in [-0.25, -0.2) is 0 Å². The van der Waals surface area contributed by atoms with Crippen LogP contribution >= 0.6 is 0 Å². The van der Waals surface area contributed by atoms with Gasteiger partial charge in [0.25, 0.3) is 0 Å². The lowest BCUT2D eigenvalue weighted by atomic mass is 10.5. The molecule has 0 rings (SSSR count). The molecule has 3 heteroatoms. The van der Waals surface area contributed by atoms with Crippen molar-refractivity contribution >= 4 is 5.97 Å². The van der Waals surface area contributed by atoms with Crippen molar-refractivity contribution in [2.24, 2.45) is 0 Å². The average molecular weight is 117 g/mol. The SMILES string of the molecule is CCCNCC(=O)O. The lowest BCUT2D eigenvalue weighted by Crippen LogP contribution is -2.22. The van der Waals surface area contributed by atoms with Crippen LogP contribution < -0.4 is 5.32 Å². The molecular weight excluding hydrogens is 106 g/mol. The van der Waals surface area contributed by atoms with E-state index in [9.17, 15) is 4.79 Å². The maximum Gasteiger partial charge on any atom is 0.317 e. The Bertz CT molecular complexity index is 72.8. The molecule has 0 saturated heterocycles. The Labute approximate surface area is 48.7 Å². The maximum absolute atomic E-state index is 9.81. The van der Waals surface area contributed by atoms with E-state index in [1.165, 1.54) is 0 Å². The Balaban J connectivity index is 2.82. The Morgan fingerprint density at radius 2 is 2.38 bits per heavy atom. The Kier molecular flexibility index (Phi) is 4.26. The summed E-state index contributed by atoms with van der Waals surface area (Å²) in [6, 6.07) is 0. The van der Waals surface area contributed by atoms with E-state index in [0.717, 1.165) is 13.0 Å². The summed E-state index contributed by atoms with van der Waals surface area (Å²) in [4.78, 5) is 9.81. The zero-order valence-corrected chi connectivity index (χ0v) is 4.98. The molecule has 3 nitrogen and oxygen atoms in total. The molecule has 2 N–H and O–H groups in total. The van der Waals surface area contributed by atoms with Crippen LogP contribution in [0.5, 0.6) is 0 Å². The average Bonchev–Trinajstić information content (AvgIpc) is 1.66. The number of rotatable bonds is 4. The van der Waals surface area contributed by atoms with E-state index in [0.29, 0.717) is 0 Å². The third-order valence-corrected chi connectivity index (χ3v) is 0.703. The van der Waals surface area contributed by atoms with Crippen LogP contribution in [0.15, 0.2) is 0 Å². The minimum atomic E-state index is -0.793. The molecule has 0 spiro atoms. The van der Waals surface area contributed by atoms with Crippen molar-refractivity contribution in [2.45, 2.75) is 13.3 Å². The van der Waals surface area contributed by atoms with Gasteiger partial charge in [0, 0.05) is 0 Å². The number of aliphatic carboxylic acids is 1. The number of nitrogens with one attached hydrogen (secondary N) is 1. The predicted octanol–water partition coefficient (Wildman–Crippen LogP) is 0.0706. The Morgan fingerprint density at radius 3 is 2.75 bits per heavy atom. The van der Waals surface area contributed by atoms with E-state index < -0.39 is 5.97 Å². The van der Waals surface area contributed by atoms with E-state index in [1.54, 1.807) is 0 Å². The van der Waals surface area contributed by atoms with Crippen LogP contribution in [0.1, 0.15) is 13.3 Å². The van der Waals surface area contributed by atoms with E-state index in [2.05, 4.69) is 5.32 Å². The first-order chi connectivity index (χ1) is 3.77. The quantitative estimate of drug-likeness (QED) is 0.512. The van der Waals surface area contributed by atoms with Gasteiger partial charge in [0.15, 0.2) is 0 Å². The molecule has 0 heterocycles. The molecule has 0 atom stereocenters. The van der Waals surface area contributed by atoms with Crippen molar-refractivity contribution < 1.29 is 9.90 Å². The Morgan fingerprint density at radius 1 is 1.75 bits per heavy atom. The van der Waals surface area contributed by atoms with E-state index in [1.807, 2.05) is 6.92 Å². The van der Waals surface area contributed by atoms with Crippen molar-refractivity contribution in [1.82, 2.24) is 5.32 Å². The van der Waals surface area contributed by atoms with Gasteiger partial charge in [0.1, 0.15) is 0 Å². The van der Waals surface area contributed by atoms with Crippen LogP contribution in [0.25, 0.3) is 0 Å². The summed E-state index contributed by atoms with van der Waals surface area (Å²) in [6.07, 6.45) is 0.979. The van der Waals surface area contributed by atoms with Gasteiger partial charge in [0.2, 0.25) is 0 Å². The highest BCUT2D eigenvalue weighted by molar-refractivity contribution is 5.68. The highest BCUT2D eigenvalue weighted by atomic mass is 16.4. The molecule has 0 aromatic heterocycles. The summed E-state index contributed by atoms with van der Waals surface area (Å²) >= 11 is 0. The van der Waals surface area contributed by atoms with Crippen molar-refractivity contribution in [3.63, 3.8) is 0 Å². The van der Waals surface area contributed by atoms with Gasteiger partial charge in [-0.15, -0.1) is 0 Å². The molecule has 0 aromatic carbocycles. The molecule has 48 valence electrons. The third kappa shape index (κ3) is 5.43. The van der Waals surface area contributed by atoms with Crippen molar-refractivity contribution in [3.05, 3.63) is 0 Å². The van der Waals surface area contributed by atoms with Gasteiger partial charge >= 0.3 is 5.97 Å². The lowest BCUT2D eigenvalue weighted by Gasteiger charge is -1.94. The minimum absolute atomic E-state index is 0.0772. The van der Waals surface area contributed by atoms with E-state index in [4.69, 9.17) is 5.11 Å². The molecule has 0 aromatic rings. The highest BCUT2D eigenvalue weighted by Gasteiger charge is 1.90. The summed E-state index contributed by atoms with van der Waals surface area (Å²) in [5.41, 5.74) is 0. The van der Waals surface area contributed by atoms with Crippen LogP contribution in [0.4, 0.5) is 0 Å². The molecule has 8 heavy (non-hydrogen) atoms. The topological polar surface area (TPSA) is 49.3 Å². The monoisotopic (exact) mass is 117 g/mol. The van der Waals surface area contributed by atoms with Crippen LogP contribution in [-0.2, 0) is 4.79 Å². The second-order valence-corrected chi connectivity index (χ2v) is 1.57. The maximum atomic E-state index is 9.81. The van der Waals surface area contributed by atoms with Crippen molar-refractivity contribution in [1.29, 1.82) is 0 Å². The fourth-order valence-corrected chi connectivity index (χ4v) is 0.372. The highest BCUT2D eigenvalue weighted by Crippen LogP contribution is 1.67. The second-order valence-electron chi connectivity index (χ2n) is 1.57. The summed E-state index contributed by atoms with van der Waals surface area (Å²) < 4.78 is 0. The van der Waals surface area contributed by atoms with Crippen LogP contribution in [0, 0.1) is 0 Å². The predicted molar refractivity (Wildman–Crippen MR) is 30.8 cm³/mol. The van der Waals surface area contributed by atoms with Crippen LogP contribution in [0.3, 0.4) is 0 Å². The first kappa shape index (κ1) is 7.43. The fraction of sp³-hybridized carbons (Fsp3) is 0.800. The molecular formula is C5H11NO2. The summed E-state index contributed by atoms with van der Waals surface area (Å²) in [5, 5.41) is 10.8. The Hall–Kier alpha value is -0.570. The first-order valence-corrected chi connectivity index (χ1v) is 2.70. The lowest BCUT2D eigenvalue weighted by molar-refractivity contribution is -0.135. The normalized spacial score (nSPS) is 9.12. The number of carboxylic acids is 1. The first-order valence-electron chi connectivity index (χ1n) is 2.70. The molecule has 0 aliphatic rings. The van der Waals surface area contributed by atoms with Crippen LogP contribution in [-0.4, -0.2) is 24.2 Å². The van der Waals surface area contributed by atoms with Gasteiger partial charge in [-0.2, -0.15) is 0 Å². The molecule has 0 aliphatic carbocycles. The van der Waals surface area contributed by atoms with Gasteiger partial charge in [-0.3, -0.25) is 4.79 Å². The van der Waals surface area contributed by atoms with Crippen LogP contribution in [0.2, 0.25) is 0 Å². The molecule has 0 fully saturated rings. The van der Waals surface area contributed by atoms with Gasteiger partial charge in [0.05, 0.1) is 6.54 Å². The molecule has 0 unspecified atom stereocenters. The molecule has 0 saturated carbocycles. The number of hydrogen-bond donors (Lipinski definition) is 2. The molecule has 0 bridgehead atoms. The van der Waals surface area contributed by atoms with Gasteiger partial charge < -0.3 is 10.4 Å². The standard InChI is InChI=1S/C5H11NO2/c1-2-3-6-4-5(7)8/h6H,2-4H2,1H3,(H,7,8). The van der Waals surface area contributed by atoms with E-state index >= 15 is 0 Å². The number of carboxylic acid groups (broad SMARTS) is 1.